The lowest BCUT2D eigenvalue weighted by molar-refractivity contribution is 0.412. The number of ether oxygens (including phenoxy) is 1. The molecule has 0 aliphatic rings. The molecule has 0 heterocycles. The Morgan fingerprint density at radius 1 is 1.50 bits per heavy atom. The summed E-state index contributed by atoms with van der Waals surface area (Å²) in [7, 11) is 1.68. The van der Waals surface area contributed by atoms with Crippen LogP contribution in [-0.4, -0.2) is 18.2 Å². The van der Waals surface area contributed by atoms with E-state index in [9.17, 15) is 0 Å². The Labute approximate surface area is 115 Å². The summed E-state index contributed by atoms with van der Waals surface area (Å²) in [5, 5.41) is 0.610. The molecular weight excluding hydrogens is 308 g/mol. The van der Waals surface area contributed by atoms with Crippen LogP contribution in [0.5, 0.6) is 5.75 Å². The second-order valence-electron chi connectivity index (χ2n) is 3.57. The first-order chi connectivity index (χ1) is 7.67. The molecule has 0 fully saturated rings. The standard InChI is InChI=1S/C12H16BrClOS/c1-9(5-6-14)16-8-10-3-4-12(15-2)11(13)7-10/h3-4,7,9H,5-6,8H2,1-2H3. The summed E-state index contributed by atoms with van der Waals surface area (Å²) in [6.45, 7) is 2.21. The van der Waals surface area contributed by atoms with Crippen molar-refractivity contribution >= 4 is 39.3 Å². The summed E-state index contributed by atoms with van der Waals surface area (Å²) in [5.41, 5.74) is 1.30. The van der Waals surface area contributed by atoms with E-state index in [1.165, 1.54) is 5.56 Å². The van der Waals surface area contributed by atoms with Crippen LogP contribution in [0.2, 0.25) is 0 Å². The molecule has 1 unspecified atom stereocenters. The maximum Gasteiger partial charge on any atom is 0.133 e. The summed E-state index contributed by atoms with van der Waals surface area (Å²) < 4.78 is 6.21. The van der Waals surface area contributed by atoms with E-state index in [4.69, 9.17) is 16.3 Å². The van der Waals surface area contributed by atoms with Gasteiger partial charge >= 0.3 is 0 Å². The second kappa shape index (κ2) is 7.46. The molecular formula is C12H16BrClOS. The summed E-state index contributed by atoms with van der Waals surface area (Å²) >= 11 is 11.1. The van der Waals surface area contributed by atoms with Gasteiger partial charge in [0.25, 0.3) is 0 Å². The topological polar surface area (TPSA) is 9.23 Å². The van der Waals surface area contributed by atoms with E-state index < -0.39 is 0 Å². The van der Waals surface area contributed by atoms with Gasteiger partial charge in [0.15, 0.2) is 0 Å². The van der Waals surface area contributed by atoms with Gasteiger partial charge in [-0.2, -0.15) is 11.8 Å². The van der Waals surface area contributed by atoms with Crippen molar-refractivity contribution in [2.24, 2.45) is 0 Å². The highest BCUT2D eigenvalue weighted by atomic mass is 79.9. The molecule has 0 spiro atoms. The molecule has 0 saturated carbocycles. The highest BCUT2D eigenvalue weighted by Crippen LogP contribution is 2.28. The Morgan fingerprint density at radius 2 is 2.25 bits per heavy atom. The average Bonchev–Trinajstić information content (AvgIpc) is 2.27. The third-order valence-corrected chi connectivity index (χ3v) is 4.41. The Kier molecular flexibility index (Phi) is 6.62. The number of hydrogen-bond donors (Lipinski definition) is 0. The fourth-order valence-corrected chi connectivity index (χ4v) is 3.26. The van der Waals surface area contributed by atoms with E-state index in [-0.39, 0.29) is 0 Å². The zero-order chi connectivity index (χ0) is 12.0. The first-order valence-electron chi connectivity index (χ1n) is 5.17. The molecule has 1 aromatic rings. The first kappa shape index (κ1) is 14.2. The lowest BCUT2D eigenvalue weighted by Gasteiger charge is -2.10. The minimum Gasteiger partial charge on any atom is -0.496 e. The average molecular weight is 324 g/mol. The Bertz CT molecular complexity index is 333. The summed E-state index contributed by atoms with van der Waals surface area (Å²) in [6.07, 6.45) is 1.06. The van der Waals surface area contributed by atoms with E-state index in [0.717, 1.165) is 28.3 Å². The van der Waals surface area contributed by atoms with Crippen LogP contribution in [0.1, 0.15) is 18.9 Å². The van der Waals surface area contributed by atoms with Crippen LogP contribution in [-0.2, 0) is 5.75 Å². The summed E-state index contributed by atoms with van der Waals surface area (Å²) in [5.74, 6) is 2.63. The van der Waals surface area contributed by atoms with Gasteiger partial charge in [0, 0.05) is 16.9 Å². The Hall–Kier alpha value is 0.140. The predicted molar refractivity (Wildman–Crippen MR) is 76.8 cm³/mol. The molecule has 1 aromatic carbocycles. The molecule has 1 nitrogen and oxygen atoms in total. The van der Waals surface area contributed by atoms with Crippen molar-refractivity contribution < 1.29 is 4.74 Å². The minimum absolute atomic E-state index is 0.610. The lowest BCUT2D eigenvalue weighted by atomic mass is 10.2. The third kappa shape index (κ3) is 4.56. The number of benzene rings is 1. The van der Waals surface area contributed by atoms with Crippen molar-refractivity contribution in [2.75, 3.05) is 13.0 Å². The highest BCUT2D eigenvalue weighted by Gasteiger charge is 2.05. The molecule has 16 heavy (non-hydrogen) atoms. The van der Waals surface area contributed by atoms with Crippen LogP contribution in [0.4, 0.5) is 0 Å². The van der Waals surface area contributed by atoms with Gasteiger partial charge in [-0.05, 0) is 40.0 Å². The van der Waals surface area contributed by atoms with Gasteiger partial charge in [0.1, 0.15) is 5.75 Å². The molecule has 1 atom stereocenters. The van der Waals surface area contributed by atoms with Crippen LogP contribution in [0.25, 0.3) is 0 Å². The van der Waals surface area contributed by atoms with E-state index in [2.05, 4.69) is 35.0 Å². The highest BCUT2D eigenvalue weighted by molar-refractivity contribution is 9.10. The molecule has 0 aromatic heterocycles. The van der Waals surface area contributed by atoms with Gasteiger partial charge in [0.2, 0.25) is 0 Å². The van der Waals surface area contributed by atoms with Crippen molar-refractivity contribution in [1.29, 1.82) is 0 Å². The van der Waals surface area contributed by atoms with Crippen LogP contribution in [0.3, 0.4) is 0 Å². The smallest absolute Gasteiger partial charge is 0.133 e. The molecule has 0 bridgehead atoms. The van der Waals surface area contributed by atoms with Crippen molar-refractivity contribution in [3.63, 3.8) is 0 Å². The predicted octanol–water partition coefficient (Wildman–Crippen LogP) is 4.71. The molecule has 1 rings (SSSR count). The van der Waals surface area contributed by atoms with Gasteiger partial charge in [-0.1, -0.05) is 13.0 Å². The maximum atomic E-state index is 5.71. The normalized spacial score (nSPS) is 12.5. The van der Waals surface area contributed by atoms with Gasteiger partial charge in [-0.3, -0.25) is 0 Å². The Balaban J connectivity index is 2.51. The van der Waals surface area contributed by atoms with Crippen molar-refractivity contribution in [1.82, 2.24) is 0 Å². The number of thioether (sulfide) groups is 1. The number of methoxy groups -OCH3 is 1. The van der Waals surface area contributed by atoms with Crippen LogP contribution in [0.15, 0.2) is 22.7 Å². The summed E-state index contributed by atoms with van der Waals surface area (Å²) in [4.78, 5) is 0. The largest absolute Gasteiger partial charge is 0.496 e. The number of rotatable bonds is 6. The molecule has 0 radical (unpaired) electrons. The zero-order valence-electron chi connectivity index (χ0n) is 9.50. The van der Waals surface area contributed by atoms with Crippen LogP contribution < -0.4 is 4.74 Å². The molecule has 0 amide bonds. The van der Waals surface area contributed by atoms with Crippen molar-refractivity contribution in [3.05, 3.63) is 28.2 Å². The minimum atomic E-state index is 0.610. The first-order valence-corrected chi connectivity index (χ1v) is 7.55. The van der Waals surface area contributed by atoms with E-state index in [0.29, 0.717) is 5.25 Å². The quantitative estimate of drug-likeness (QED) is 0.701. The third-order valence-electron chi connectivity index (χ3n) is 2.27. The van der Waals surface area contributed by atoms with E-state index >= 15 is 0 Å². The lowest BCUT2D eigenvalue weighted by Crippen LogP contribution is -1.97. The second-order valence-corrected chi connectivity index (χ2v) is 6.23. The van der Waals surface area contributed by atoms with Gasteiger partial charge in [-0.25, -0.2) is 0 Å². The fraction of sp³-hybridized carbons (Fsp3) is 0.500. The molecule has 0 N–H and O–H groups in total. The molecule has 90 valence electrons. The fourth-order valence-electron chi connectivity index (χ4n) is 1.28. The number of hydrogen-bond acceptors (Lipinski definition) is 2. The number of halogens is 2. The van der Waals surface area contributed by atoms with Crippen LogP contribution in [0, 0.1) is 0 Å². The molecule has 0 saturated heterocycles. The van der Waals surface area contributed by atoms with Gasteiger partial charge < -0.3 is 4.74 Å². The van der Waals surface area contributed by atoms with Gasteiger partial charge in [0.05, 0.1) is 11.6 Å². The van der Waals surface area contributed by atoms with E-state index in [1.807, 2.05) is 17.8 Å². The molecule has 0 aliphatic carbocycles. The van der Waals surface area contributed by atoms with Crippen molar-refractivity contribution in [3.8, 4) is 5.75 Å². The maximum absolute atomic E-state index is 5.71. The summed E-state index contributed by atoms with van der Waals surface area (Å²) in [6, 6.07) is 6.20. The molecule has 4 heteroatoms. The van der Waals surface area contributed by atoms with Crippen LogP contribution >= 0.6 is 39.3 Å². The van der Waals surface area contributed by atoms with Gasteiger partial charge in [-0.15, -0.1) is 11.6 Å². The van der Waals surface area contributed by atoms with Crippen molar-refractivity contribution in [2.45, 2.75) is 24.3 Å². The van der Waals surface area contributed by atoms with E-state index in [1.54, 1.807) is 7.11 Å². The Morgan fingerprint density at radius 3 is 2.81 bits per heavy atom. The SMILES string of the molecule is COc1ccc(CSC(C)CCCl)cc1Br. The molecule has 0 aliphatic heterocycles. The zero-order valence-corrected chi connectivity index (χ0v) is 12.7. The number of alkyl halides is 1. The monoisotopic (exact) mass is 322 g/mol.